The van der Waals surface area contributed by atoms with Gasteiger partial charge >= 0.3 is 5.97 Å². The van der Waals surface area contributed by atoms with Crippen molar-refractivity contribution in [2.75, 3.05) is 13.2 Å². The van der Waals surface area contributed by atoms with Gasteiger partial charge in [-0.05, 0) is 37.2 Å². The minimum absolute atomic E-state index is 0.0846. The van der Waals surface area contributed by atoms with Gasteiger partial charge in [-0.15, -0.1) is 0 Å². The van der Waals surface area contributed by atoms with Crippen LogP contribution in [0.15, 0.2) is 30.3 Å². The molecule has 18 heavy (non-hydrogen) atoms. The van der Waals surface area contributed by atoms with E-state index in [1.54, 1.807) is 0 Å². The van der Waals surface area contributed by atoms with Crippen LogP contribution in [0, 0.1) is 17.8 Å². The predicted octanol–water partition coefficient (Wildman–Crippen LogP) is 2.04. The Balaban J connectivity index is 1.84. The number of benzene rings is 1. The number of aliphatic hydroxyl groups is 1. The van der Waals surface area contributed by atoms with Crippen molar-refractivity contribution in [1.29, 1.82) is 0 Å². The first-order valence-corrected chi connectivity index (χ1v) is 6.59. The lowest BCUT2D eigenvalue weighted by Crippen LogP contribution is -2.09. The normalized spacial score (nSPS) is 25.8. The zero-order chi connectivity index (χ0) is 13.0. The second-order valence-electron chi connectivity index (χ2n) is 4.81. The van der Waals surface area contributed by atoms with Gasteiger partial charge in [-0.3, -0.25) is 4.79 Å². The van der Waals surface area contributed by atoms with E-state index in [-0.39, 0.29) is 30.3 Å². The number of carbonyl (C=O) groups is 1. The number of aliphatic hydroxyl groups excluding tert-OH is 1. The molecule has 3 heteroatoms. The lowest BCUT2D eigenvalue weighted by Gasteiger charge is -2.01. The number of ether oxygens (including phenoxy) is 1. The van der Waals surface area contributed by atoms with Gasteiger partial charge < -0.3 is 9.84 Å². The van der Waals surface area contributed by atoms with E-state index in [0.717, 1.165) is 12.8 Å². The van der Waals surface area contributed by atoms with Crippen molar-refractivity contribution in [2.24, 2.45) is 17.8 Å². The summed E-state index contributed by atoms with van der Waals surface area (Å²) in [6.45, 7) is 2.31. The summed E-state index contributed by atoms with van der Waals surface area (Å²) in [5, 5.41) is 9.25. The number of aryl methyl sites for hydroxylation is 1. The van der Waals surface area contributed by atoms with Crippen LogP contribution in [0.3, 0.4) is 0 Å². The summed E-state index contributed by atoms with van der Waals surface area (Å²) in [4.78, 5) is 11.7. The van der Waals surface area contributed by atoms with E-state index < -0.39 is 0 Å². The smallest absolute Gasteiger partial charge is 0.309 e. The first-order chi connectivity index (χ1) is 8.77. The molecule has 0 saturated heterocycles. The molecule has 3 atom stereocenters. The fourth-order valence-corrected chi connectivity index (χ4v) is 2.65. The van der Waals surface area contributed by atoms with Gasteiger partial charge in [0.15, 0.2) is 0 Å². The minimum atomic E-state index is -0.144. The molecule has 0 aromatic heterocycles. The first kappa shape index (κ1) is 13.1. The molecule has 1 aromatic rings. The molecule has 0 radical (unpaired) electrons. The van der Waals surface area contributed by atoms with Gasteiger partial charge in [0.25, 0.3) is 0 Å². The Hall–Kier alpha value is -1.35. The largest absolute Gasteiger partial charge is 0.466 e. The van der Waals surface area contributed by atoms with Gasteiger partial charge in [0.1, 0.15) is 0 Å². The highest BCUT2D eigenvalue weighted by atomic mass is 16.5. The number of rotatable bonds is 6. The maximum atomic E-state index is 11.7. The third-order valence-corrected chi connectivity index (χ3v) is 3.71. The Morgan fingerprint density at radius 2 is 2.00 bits per heavy atom. The zero-order valence-corrected chi connectivity index (χ0v) is 10.7. The van der Waals surface area contributed by atoms with Crippen molar-refractivity contribution in [1.82, 2.24) is 0 Å². The number of esters is 1. The predicted molar refractivity (Wildman–Crippen MR) is 69.0 cm³/mol. The minimum Gasteiger partial charge on any atom is -0.466 e. The van der Waals surface area contributed by atoms with Crippen LogP contribution in [0.2, 0.25) is 0 Å². The quantitative estimate of drug-likeness (QED) is 0.784. The molecule has 0 heterocycles. The molecule has 1 aliphatic rings. The third kappa shape index (κ3) is 2.91. The summed E-state index contributed by atoms with van der Waals surface area (Å²) in [5.74, 6) is 0.162. The van der Waals surface area contributed by atoms with E-state index in [4.69, 9.17) is 4.74 Å². The summed E-state index contributed by atoms with van der Waals surface area (Å²) in [5.41, 5.74) is 1.28. The monoisotopic (exact) mass is 248 g/mol. The van der Waals surface area contributed by atoms with Gasteiger partial charge in [0.2, 0.25) is 0 Å². The maximum Gasteiger partial charge on any atom is 0.309 e. The molecular weight excluding hydrogens is 228 g/mol. The van der Waals surface area contributed by atoms with E-state index in [0.29, 0.717) is 6.61 Å². The Kier molecular flexibility index (Phi) is 4.37. The van der Waals surface area contributed by atoms with Crippen LogP contribution in [0.5, 0.6) is 0 Å². The first-order valence-electron chi connectivity index (χ1n) is 6.59. The van der Waals surface area contributed by atoms with Gasteiger partial charge in [-0.25, -0.2) is 0 Å². The summed E-state index contributed by atoms with van der Waals surface area (Å²) in [6, 6.07) is 10.2. The summed E-state index contributed by atoms with van der Waals surface area (Å²) < 4.78 is 5.03. The molecule has 1 aliphatic carbocycles. The van der Waals surface area contributed by atoms with Crippen LogP contribution in [0.25, 0.3) is 0 Å². The van der Waals surface area contributed by atoms with Gasteiger partial charge in [0.05, 0.1) is 12.5 Å². The second kappa shape index (κ2) is 6.01. The SMILES string of the molecule is CCOC(=O)C1C(CO)C1CCc1ccccc1. The molecule has 0 bridgehead atoms. The van der Waals surface area contributed by atoms with Crippen molar-refractivity contribution in [3.63, 3.8) is 0 Å². The van der Waals surface area contributed by atoms with Crippen molar-refractivity contribution >= 4 is 5.97 Å². The van der Waals surface area contributed by atoms with Crippen molar-refractivity contribution in [3.8, 4) is 0 Å². The standard InChI is InChI=1S/C15H20O3/c1-2-18-15(17)14-12(13(14)10-16)9-8-11-6-4-3-5-7-11/h3-7,12-14,16H,2,8-10H2,1H3. The highest BCUT2D eigenvalue weighted by Crippen LogP contribution is 2.49. The molecule has 98 valence electrons. The van der Waals surface area contributed by atoms with Crippen LogP contribution in [-0.4, -0.2) is 24.3 Å². The molecule has 3 nitrogen and oxygen atoms in total. The molecule has 0 spiro atoms. The number of hydrogen-bond acceptors (Lipinski definition) is 3. The fraction of sp³-hybridized carbons (Fsp3) is 0.533. The Morgan fingerprint density at radius 3 is 2.61 bits per heavy atom. The molecule has 2 rings (SSSR count). The van der Waals surface area contributed by atoms with E-state index in [1.165, 1.54) is 5.56 Å². The molecule has 0 aliphatic heterocycles. The van der Waals surface area contributed by atoms with Gasteiger partial charge in [-0.1, -0.05) is 30.3 Å². The average Bonchev–Trinajstić information content (AvgIpc) is 3.11. The average molecular weight is 248 g/mol. The maximum absolute atomic E-state index is 11.7. The lowest BCUT2D eigenvalue weighted by atomic mass is 10.1. The van der Waals surface area contributed by atoms with Crippen LogP contribution < -0.4 is 0 Å². The van der Waals surface area contributed by atoms with Gasteiger partial charge in [0, 0.05) is 6.61 Å². The highest BCUT2D eigenvalue weighted by molar-refractivity contribution is 5.76. The molecule has 1 fully saturated rings. The molecule has 1 N–H and O–H groups in total. The molecule has 0 amide bonds. The molecule has 1 saturated carbocycles. The van der Waals surface area contributed by atoms with Crippen LogP contribution >= 0.6 is 0 Å². The molecule has 1 aromatic carbocycles. The fourth-order valence-electron chi connectivity index (χ4n) is 2.65. The summed E-state index contributed by atoms with van der Waals surface area (Å²) >= 11 is 0. The summed E-state index contributed by atoms with van der Waals surface area (Å²) in [6.07, 6.45) is 1.90. The highest BCUT2D eigenvalue weighted by Gasteiger charge is 2.54. The van der Waals surface area contributed by atoms with Crippen LogP contribution in [0.1, 0.15) is 18.9 Å². The van der Waals surface area contributed by atoms with Gasteiger partial charge in [-0.2, -0.15) is 0 Å². The van der Waals surface area contributed by atoms with Crippen LogP contribution in [0.4, 0.5) is 0 Å². The van der Waals surface area contributed by atoms with Crippen molar-refractivity contribution < 1.29 is 14.6 Å². The Bertz CT molecular complexity index is 388. The van der Waals surface area contributed by atoms with E-state index >= 15 is 0 Å². The van der Waals surface area contributed by atoms with E-state index in [1.807, 2.05) is 25.1 Å². The second-order valence-corrected chi connectivity index (χ2v) is 4.81. The third-order valence-electron chi connectivity index (χ3n) is 3.71. The topological polar surface area (TPSA) is 46.5 Å². The van der Waals surface area contributed by atoms with Crippen molar-refractivity contribution in [2.45, 2.75) is 19.8 Å². The molecular formula is C15H20O3. The number of carbonyl (C=O) groups excluding carboxylic acids is 1. The zero-order valence-electron chi connectivity index (χ0n) is 10.7. The number of hydrogen-bond donors (Lipinski definition) is 1. The Labute approximate surface area is 108 Å². The van der Waals surface area contributed by atoms with E-state index in [9.17, 15) is 9.90 Å². The Morgan fingerprint density at radius 1 is 1.28 bits per heavy atom. The lowest BCUT2D eigenvalue weighted by molar-refractivity contribution is -0.145. The summed E-state index contributed by atoms with van der Waals surface area (Å²) in [7, 11) is 0. The van der Waals surface area contributed by atoms with Crippen LogP contribution in [-0.2, 0) is 16.0 Å². The van der Waals surface area contributed by atoms with E-state index in [2.05, 4.69) is 12.1 Å². The van der Waals surface area contributed by atoms with Crippen molar-refractivity contribution in [3.05, 3.63) is 35.9 Å². The molecule has 3 unspecified atom stereocenters.